The molecule has 0 saturated carbocycles. The van der Waals surface area contributed by atoms with E-state index in [1.165, 1.54) is 0 Å². The lowest BCUT2D eigenvalue weighted by atomic mass is 10.0. The van der Waals surface area contributed by atoms with Crippen LogP contribution >= 0.6 is 11.8 Å². The predicted molar refractivity (Wildman–Crippen MR) is 68.3 cm³/mol. The molecule has 3 unspecified atom stereocenters. The molecule has 1 rings (SSSR count). The van der Waals surface area contributed by atoms with Gasteiger partial charge in [0.1, 0.15) is 0 Å². The number of carboxylic acids is 1. The fourth-order valence-corrected chi connectivity index (χ4v) is 2.70. The quantitative estimate of drug-likeness (QED) is 0.711. The molecule has 0 aromatic carbocycles. The number of carbonyl (C=O) groups excluding carboxylic acids is 1. The van der Waals surface area contributed by atoms with Gasteiger partial charge in [-0.05, 0) is 32.4 Å². The number of urea groups is 1. The van der Waals surface area contributed by atoms with Gasteiger partial charge in [0, 0.05) is 17.8 Å². The van der Waals surface area contributed by atoms with Gasteiger partial charge < -0.3 is 15.7 Å². The second-order valence-corrected chi connectivity index (χ2v) is 5.60. The van der Waals surface area contributed by atoms with E-state index in [2.05, 4.69) is 10.6 Å². The summed E-state index contributed by atoms with van der Waals surface area (Å²) in [5.41, 5.74) is 0. The van der Waals surface area contributed by atoms with E-state index in [0.29, 0.717) is 0 Å². The zero-order valence-electron chi connectivity index (χ0n) is 10.2. The second-order valence-electron chi connectivity index (χ2n) is 4.45. The third kappa shape index (κ3) is 4.85. The standard InChI is InChI=1S/C11H20N2O3S/c1-7(10(14)15)8(2)12-11(16)13-9-4-3-5-17-6-9/h7-9H,3-6H2,1-2H3,(H,14,15)(H2,12,13,16). The molecule has 6 heteroatoms. The van der Waals surface area contributed by atoms with Crippen LogP contribution < -0.4 is 10.6 Å². The van der Waals surface area contributed by atoms with Crippen molar-refractivity contribution in [2.24, 2.45) is 5.92 Å². The van der Waals surface area contributed by atoms with Gasteiger partial charge in [-0.3, -0.25) is 4.79 Å². The number of hydrogen-bond donors (Lipinski definition) is 3. The number of amides is 2. The Bertz CT molecular complexity index is 280. The minimum Gasteiger partial charge on any atom is -0.481 e. The van der Waals surface area contributed by atoms with E-state index in [0.717, 1.165) is 24.3 Å². The first-order valence-electron chi connectivity index (χ1n) is 5.88. The van der Waals surface area contributed by atoms with E-state index in [1.807, 2.05) is 11.8 Å². The maximum atomic E-state index is 11.6. The maximum absolute atomic E-state index is 11.6. The van der Waals surface area contributed by atoms with Gasteiger partial charge in [0.15, 0.2) is 0 Å². The Hall–Kier alpha value is -0.910. The van der Waals surface area contributed by atoms with Gasteiger partial charge in [-0.2, -0.15) is 11.8 Å². The Labute approximate surface area is 106 Å². The Balaban J connectivity index is 2.30. The largest absolute Gasteiger partial charge is 0.481 e. The normalized spacial score (nSPS) is 23.5. The lowest BCUT2D eigenvalue weighted by molar-refractivity contribution is -0.141. The predicted octanol–water partition coefficient (Wildman–Crippen LogP) is 1.29. The van der Waals surface area contributed by atoms with Crippen LogP contribution in [0, 0.1) is 5.92 Å². The first kappa shape index (κ1) is 14.2. The summed E-state index contributed by atoms with van der Waals surface area (Å²) in [5.74, 6) is 0.621. The monoisotopic (exact) mass is 260 g/mol. The molecule has 0 spiro atoms. The van der Waals surface area contributed by atoms with Crippen LogP contribution in [0.15, 0.2) is 0 Å². The molecule has 1 heterocycles. The molecule has 0 radical (unpaired) electrons. The summed E-state index contributed by atoms with van der Waals surface area (Å²) in [6, 6.07) is -0.428. The van der Waals surface area contributed by atoms with Gasteiger partial charge in [0.2, 0.25) is 0 Å². The summed E-state index contributed by atoms with van der Waals surface area (Å²) in [6.07, 6.45) is 2.12. The number of aliphatic carboxylic acids is 1. The molecule has 98 valence electrons. The summed E-state index contributed by atoms with van der Waals surface area (Å²) in [4.78, 5) is 22.4. The highest BCUT2D eigenvalue weighted by molar-refractivity contribution is 7.99. The Morgan fingerprint density at radius 3 is 2.65 bits per heavy atom. The molecule has 1 aliphatic heterocycles. The van der Waals surface area contributed by atoms with Crippen LogP contribution in [0.2, 0.25) is 0 Å². The molecule has 0 aliphatic carbocycles. The molecule has 5 nitrogen and oxygen atoms in total. The smallest absolute Gasteiger partial charge is 0.315 e. The fraction of sp³-hybridized carbons (Fsp3) is 0.818. The highest BCUT2D eigenvalue weighted by atomic mass is 32.2. The zero-order valence-corrected chi connectivity index (χ0v) is 11.0. The van der Waals surface area contributed by atoms with Gasteiger partial charge in [-0.25, -0.2) is 4.79 Å². The molecule has 0 aromatic rings. The second kappa shape index (κ2) is 6.74. The Kier molecular flexibility index (Phi) is 5.61. The molecular formula is C11H20N2O3S. The third-order valence-electron chi connectivity index (χ3n) is 2.99. The summed E-state index contributed by atoms with van der Waals surface area (Å²) in [5, 5.41) is 14.4. The summed E-state index contributed by atoms with van der Waals surface area (Å²) in [6.45, 7) is 3.29. The number of hydrogen-bond acceptors (Lipinski definition) is 3. The lowest BCUT2D eigenvalue weighted by Gasteiger charge is -2.24. The fourth-order valence-electron chi connectivity index (χ4n) is 1.63. The van der Waals surface area contributed by atoms with Crippen molar-refractivity contribution in [3.8, 4) is 0 Å². The van der Waals surface area contributed by atoms with Gasteiger partial charge >= 0.3 is 12.0 Å². The van der Waals surface area contributed by atoms with Crippen LogP contribution in [0.5, 0.6) is 0 Å². The minimum absolute atomic E-state index is 0.209. The summed E-state index contributed by atoms with van der Waals surface area (Å²) >= 11 is 1.84. The van der Waals surface area contributed by atoms with E-state index in [-0.39, 0.29) is 18.1 Å². The van der Waals surface area contributed by atoms with Gasteiger partial charge in [0.25, 0.3) is 0 Å². The van der Waals surface area contributed by atoms with Crippen molar-refractivity contribution in [1.29, 1.82) is 0 Å². The van der Waals surface area contributed by atoms with Crippen molar-refractivity contribution < 1.29 is 14.7 Å². The Morgan fingerprint density at radius 1 is 1.41 bits per heavy atom. The van der Waals surface area contributed by atoms with Crippen LogP contribution in [-0.4, -0.2) is 40.7 Å². The van der Waals surface area contributed by atoms with E-state index in [9.17, 15) is 9.59 Å². The molecule has 0 bridgehead atoms. The van der Waals surface area contributed by atoms with E-state index in [1.54, 1.807) is 13.8 Å². The van der Waals surface area contributed by atoms with E-state index < -0.39 is 11.9 Å². The molecule has 1 fully saturated rings. The average molecular weight is 260 g/mol. The van der Waals surface area contributed by atoms with Crippen molar-refractivity contribution in [2.75, 3.05) is 11.5 Å². The van der Waals surface area contributed by atoms with E-state index in [4.69, 9.17) is 5.11 Å². The van der Waals surface area contributed by atoms with Crippen LogP contribution in [0.3, 0.4) is 0 Å². The number of thioether (sulfide) groups is 1. The highest BCUT2D eigenvalue weighted by Crippen LogP contribution is 2.16. The van der Waals surface area contributed by atoms with Gasteiger partial charge in [-0.1, -0.05) is 0 Å². The molecule has 1 saturated heterocycles. The summed E-state index contributed by atoms with van der Waals surface area (Å²) < 4.78 is 0. The van der Waals surface area contributed by atoms with Gasteiger partial charge in [0.05, 0.1) is 5.92 Å². The third-order valence-corrected chi connectivity index (χ3v) is 4.21. The van der Waals surface area contributed by atoms with Crippen molar-refractivity contribution in [1.82, 2.24) is 10.6 Å². The van der Waals surface area contributed by atoms with Crippen LogP contribution in [0.25, 0.3) is 0 Å². The zero-order chi connectivity index (χ0) is 12.8. The molecule has 2 amide bonds. The van der Waals surface area contributed by atoms with E-state index >= 15 is 0 Å². The van der Waals surface area contributed by atoms with Crippen molar-refractivity contribution in [3.05, 3.63) is 0 Å². The average Bonchev–Trinajstić information content (AvgIpc) is 2.28. The number of carbonyl (C=O) groups is 2. The lowest BCUT2D eigenvalue weighted by Crippen LogP contribution is -2.49. The van der Waals surface area contributed by atoms with Crippen molar-refractivity contribution in [2.45, 2.75) is 38.8 Å². The number of rotatable bonds is 4. The Morgan fingerprint density at radius 2 is 2.12 bits per heavy atom. The van der Waals surface area contributed by atoms with Crippen molar-refractivity contribution in [3.63, 3.8) is 0 Å². The van der Waals surface area contributed by atoms with Crippen LogP contribution in [0.4, 0.5) is 4.79 Å². The highest BCUT2D eigenvalue weighted by Gasteiger charge is 2.22. The van der Waals surface area contributed by atoms with Crippen LogP contribution in [-0.2, 0) is 4.79 Å². The first-order chi connectivity index (χ1) is 8.00. The first-order valence-corrected chi connectivity index (χ1v) is 7.03. The van der Waals surface area contributed by atoms with Gasteiger partial charge in [-0.15, -0.1) is 0 Å². The number of nitrogens with one attached hydrogen (secondary N) is 2. The van der Waals surface area contributed by atoms with Crippen LogP contribution in [0.1, 0.15) is 26.7 Å². The molecular weight excluding hydrogens is 240 g/mol. The molecule has 0 aromatic heterocycles. The summed E-state index contributed by atoms with van der Waals surface area (Å²) in [7, 11) is 0. The molecule has 3 atom stereocenters. The molecule has 1 aliphatic rings. The number of carboxylic acid groups (broad SMARTS) is 1. The molecule has 17 heavy (non-hydrogen) atoms. The maximum Gasteiger partial charge on any atom is 0.315 e. The minimum atomic E-state index is -0.897. The SMILES string of the molecule is CC(NC(=O)NC1CCCSC1)C(C)C(=O)O. The van der Waals surface area contributed by atoms with Crippen molar-refractivity contribution >= 4 is 23.8 Å². The topological polar surface area (TPSA) is 78.4 Å². The molecule has 3 N–H and O–H groups in total.